The molecular formula is C12H25NO2. The van der Waals surface area contributed by atoms with Gasteiger partial charge in [-0.25, -0.2) is 0 Å². The molecule has 0 heterocycles. The van der Waals surface area contributed by atoms with Crippen molar-refractivity contribution >= 4 is 0 Å². The summed E-state index contributed by atoms with van der Waals surface area (Å²) in [5.74, 6) is 0. The molecule has 15 heavy (non-hydrogen) atoms. The predicted octanol–water partition coefficient (Wildman–Crippen LogP) is 1.43. The lowest BCUT2D eigenvalue weighted by atomic mass is 9.91. The van der Waals surface area contributed by atoms with Crippen molar-refractivity contribution in [1.29, 1.82) is 0 Å². The monoisotopic (exact) mass is 215 g/mol. The Morgan fingerprint density at radius 3 is 2.60 bits per heavy atom. The van der Waals surface area contributed by atoms with Crippen molar-refractivity contribution in [3.8, 4) is 0 Å². The highest BCUT2D eigenvalue weighted by Crippen LogP contribution is 2.19. The van der Waals surface area contributed by atoms with Gasteiger partial charge in [0.15, 0.2) is 0 Å². The Morgan fingerprint density at radius 1 is 1.33 bits per heavy atom. The van der Waals surface area contributed by atoms with E-state index in [0.717, 1.165) is 32.1 Å². The second-order valence-corrected chi connectivity index (χ2v) is 5.09. The van der Waals surface area contributed by atoms with E-state index in [1.54, 1.807) is 0 Å². The van der Waals surface area contributed by atoms with Crippen molar-refractivity contribution < 1.29 is 10.2 Å². The third-order valence-corrected chi connectivity index (χ3v) is 3.26. The smallest absolute Gasteiger partial charge is 0.0743 e. The first-order chi connectivity index (χ1) is 7.05. The van der Waals surface area contributed by atoms with E-state index in [2.05, 4.69) is 12.2 Å². The Bertz CT molecular complexity index is 182. The second kappa shape index (κ2) is 5.83. The first-order valence-corrected chi connectivity index (χ1v) is 6.19. The Balaban J connectivity index is 2.28. The van der Waals surface area contributed by atoms with Gasteiger partial charge in [0.05, 0.1) is 11.7 Å². The molecule has 1 rings (SSSR count). The van der Waals surface area contributed by atoms with Crippen LogP contribution in [0.15, 0.2) is 0 Å². The van der Waals surface area contributed by atoms with Gasteiger partial charge in [0.1, 0.15) is 0 Å². The summed E-state index contributed by atoms with van der Waals surface area (Å²) in [5, 5.41) is 23.0. The molecule has 0 radical (unpaired) electrons. The van der Waals surface area contributed by atoms with Crippen LogP contribution >= 0.6 is 0 Å². The second-order valence-electron chi connectivity index (χ2n) is 5.09. The molecule has 0 bridgehead atoms. The molecule has 1 unspecified atom stereocenters. The van der Waals surface area contributed by atoms with E-state index in [-0.39, 0.29) is 12.1 Å². The minimum absolute atomic E-state index is 0.182. The van der Waals surface area contributed by atoms with E-state index in [9.17, 15) is 10.2 Å². The summed E-state index contributed by atoms with van der Waals surface area (Å²) in [6, 6.07) is 0.182. The maximum absolute atomic E-state index is 9.99. The molecule has 3 atom stereocenters. The predicted molar refractivity (Wildman–Crippen MR) is 61.8 cm³/mol. The number of aliphatic hydroxyl groups excluding tert-OH is 1. The Morgan fingerprint density at radius 2 is 2.00 bits per heavy atom. The van der Waals surface area contributed by atoms with E-state index in [0.29, 0.717) is 6.54 Å². The normalized spacial score (nSPS) is 31.2. The number of aliphatic hydroxyl groups is 2. The topological polar surface area (TPSA) is 52.5 Å². The lowest BCUT2D eigenvalue weighted by molar-refractivity contribution is 0.0306. The fourth-order valence-corrected chi connectivity index (χ4v) is 2.33. The molecule has 1 fully saturated rings. The molecule has 1 saturated carbocycles. The van der Waals surface area contributed by atoms with Crippen molar-refractivity contribution in [3.05, 3.63) is 0 Å². The van der Waals surface area contributed by atoms with E-state index in [1.807, 2.05) is 6.92 Å². The molecule has 90 valence electrons. The standard InChI is InChI=1S/C12H25NO2/c1-3-8-12(2,15)9-13-10-6-4-5-7-11(10)14/h10-11,13-15H,3-9H2,1-2H3/t10-,11-,12?/m1/s1. The van der Waals surface area contributed by atoms with Gasteiger partial charge in [-0.3, -0.25) is 0 Å². The highest BCUT2D eigenvalue weighted by atomic mass is 16.3. The van der Waals surface area contributed by atoms with Gasteiger partial charge in [0.25, 0.3) is 0 Å². The van der Waals surface area contributed by atoms with Crippen LogP contribution in [-0.4, -0.2) is 34.5 Å². The molecule has 1 aliphatic carbocycles. The third-order valence-electron chi connectivity index (χ3n) is 3.26. The molecule has 3 nitrogen and oxygen atoms in total. The first-order valence-electron chi connectivity index (χ1n) is 6.19. The summed E-state index contributed by atoms with van der Waals surface area (Å²) in [6.07, 6.45) is 5.81. The van der Waals surface area contributed by atoms with Gasteiger partial charge in [-0.1, -0.05) is 26.2 Å². The lowest BCUT2D eigenvalue weighted by Crippen LogP contribution is -2.48. The number of rotatable bonds is 5. The van der Waals surface area contributed by atoms with Crippen LogP contribution in [0.4, 0.5) is 0 Å². The van der Waals surface area contributed by atoms with Crippen LogP contribution in [-0.2, 0) is 0 Å². The van der Waals surface area contributed by atoms with E-state index in [1.165, 1.54) is 6.42 Å². The SMILES string of the molecule is CCCC(C)(O)CN[C@@H]1CCCC[C@H]1O. The van der Waals surface area contributed by atoms with E-state index in [4.69, 9.17) is 0 Å². The quantitative estimate of drug-likeness (QED) is 0.650. The molecule has 0 saturated heterocycles. The summed E-state index contributed by atoms with van der Waals surface area (Å²) in [5.41, 5.74) is -0.633. The van der Waals surface area contributed by atoms with Crippen LogP contribution in [0.1, 0.15) is 52.4 Å². The van der Waals surface area contributed by atoms with Crippen LogP contribution < -0.4 is 5.32 Å². The van der Waals surface area contributed by atoms with Gasteiger partial charge in [-0.2, -0.15) is 0 Å². The fraction of sp³-hybridized carbons (Fsp3) is 1.00. The van der Waals surface area contributed by atoms with Crippen LogP contribution in [0.3, 0.4) is 0 Å². The molecule has 1 aliphatic rings. The summed E-state index contributed by atoms with van der Waals surface area (Å²) < 4.78 is 0. The molecule has 0 amide bonds. The summed E-state index contributed by atoms with van der Waals surface area (Å²) in [7, 11) is 0. The summed E-state index contributed by atoms with van der Waals surface area (Å²) >= 11 is 0. The zero-order valence-corrected chi connectivity index (χ0v) is 10.00. The summed E-state index contributed by atoms with van der Waals surface area (Å²) in [6.45, 7) is 4.52. The van der Waals surface area contributed by atoms with Crippen LogP contribution in [0, 0.1) is 0 Å². The number of hydrogen-bond acceptors (Lipinski definition) is 3. The van der Waals surface area contributed by atoms with Crippen LogP contribution in [0.5, 0.6) is 0 Å². The zero-order chi connectivity index (χ0) is 11.3. The van der Waals surface area contributed by atoms with Crippen LogP contribution in [0.25, 0.3) is 0 Å². The van der Waals surface area contributed by atoms with E-state index >= 15 is 0 Å². The highest BCUT2D eigenvalue weighted by Gasteiger charge is 2.26. The molecule has 3 heteroatoms. The van der Waals surface area contributed by atoms with Gasteiger partial charge in [0, 0.05) is 12.6 Å². The molecule has 0 aromatic carbocycles. The fourth-order valence-electron chi connectivity index (χ4n) is 2.33. The minimum atomic E-state index is -0.633. The Kier molecular flexibility index (Phi) is 5.03. The highest BCUT2D eigenvalue weighted by molar-refractivity contribution is 4.84. The molecule has 0 aromatic heterocycles. The first kappa shape index (κ1) is 12.9. The van der Waals surface area contributed by atoms with Gasteiger partial charge in [-0.05, 0) is 26.2 Å². The van der Waals surface area contributed by atoms with Crippen molar-refractivity contribution in [1.82, 2.24) is 5.32 Å². The average molecular weight is 215 g/mol. The summed E-state index contributed by atoms with van der Waals surface area (Å²) in [4.78, 5) is 0. The van der Waals surface area contributed by atoms with Crippen molar-refractivity contribution in [2.24, 2.45) is 0 Å². The lowest BCUT2D eigenvalue weighted by Gasteiger charge is -2.32. The Labute approximate surface area is 92.9 Å². The van der Waals surface area contributed by atoms with Crippen LogP contribution in [0.2, 0.25) is 0 Å². The molecule has 3 N–H and O–H groups in total. The van der Waals surface area contributed by atoms with Crippen molar-refractivity contribution in [2.45, 2.75) is 70.1 Å². The van der Waals surface area contributed by atoms with Crippen molar-refractivity contribution in [2.75, 3.05) is 6.54 Å². The van der Waals surface area contributed by atoms with Gasteiger partial charge >= 0.3 is 0 Å². The molecule has 0 aromatic rings. The third kappa shape index (κ3) is 4.49. The number of hydrogen-bond donors (Lipinski definition) is 3. The zero-order valence-electron chi connectivity index (χ0n) is 10.00. The maximum Gasteiger partial charge on any atom is 0.0743 e. The number of nitrogens with one attached hydrogen (secondary N) is 1. The molecular weight excluding hydrogens is 190 g/mol. The van der Waals surface area contributed by atoms with Gasteiger partial charge < -0.3 is 15.5 Å². The maximum atomic E-state index is 9.99. The minimum Gasteiger partial charge on any atom is -0.392 e. The largest absolute Gasteiger partial charge is 0.392 e. The molecule has 0 aliphatic heterocycles. The average Bonchev–Trinajstić information content (AvgIpc) is 2.16. The van der Waals surface area contributed by atoms with Gasteiger partial charge in [0.2, 0.25) is 0 Å². The van der Waals surface area contributed by atoms with E-state index < -0.39 is 5.60 Å². The van der Waals surface area contributed by atoms with Crippen molar-refractivity contribution in [3.63, 3.8) is 0 Å². The molecule has 0 spiro atoms. The van der Waals surface area contributed by atoms with Gasteiger partial charge in [-0.15, -0.1) is 0 Å². The Hall–Kier alpha value is -0.120.